The van der Waals surface area contributed by atoms with Gasteiger partial charge in [-0.05, 0) is 43.0 Å². The Morgan fingerprint density at radius 2 is 1.64 bits per heavy atom. The number of nitrogens with zero attached hydrogens (tertiary/aromatic N) is 1. The van der Waals surface area contributed by atoms with Crippen LogP contribution in [-0.4, -0.2) is 9.67 Å². The van der Waals surface area contributed by atoms with Gasteiger partial charge in [-0.25, -0.2) is 0 Å². The van der Waals surface area contributed by atoms with Gasteiger partial charge in [-0.2, -0.15) is 0 Å². The van der Waals surface area contributed by atoms with Crippen molar-refractivity contribution in [1.29, 1.82) is 0 Å². The monoisotopic (exact) mass is 287 g/mol. The van der Waals surface area contributed by atoms with Crippen molar-refractivity contribution in [3.63, 3.8) is 0 Å². The molecule has 4 rings (SSSR count). The first-order valence-electron chi connectivity index (χ1n) is 7.44. The molecule has 2 heteroatoms. The van der Waals surface area contributed by atoms with Gasteiger partial charge in [-0.3, -0.25) is 0 Å². The molecule has 0 fully saturated rings. The van der Waals surface area contributed by atoms with Crippen LogP contribution in [0.5, 0.6) is 5.75 Å². The highest BCUT2D eigenvalue weighted by Crippen LogP contribution is 2.35. The summed E-state index contributed by atoms with van der Waals surface area (Å²) >= 11 is 0. The summed E-state index contributed by atoms with van der Waals surface area (Å²) in [6, 6.07) is 18.4. The van der Waals surface area contributed by atoms with Gasteiger partial charge in [0.05, 0.1) is 11.2 Å². The molecule has 0 spiro atoms. The minimum atomic E-state index is 0.304. The number of para-hydroxylation sites is 1. The van der Waals surface area contributed by atoms with E-state index >= 15 is 0 Å². The molecule has 0 saturated heterocycles. The Bertz CT molecular complexity index is 1010. The first-order chi connectivity index (χ1) is 10.6. The van der Waals surface area contributed by atoms with Crippen LogP contribution < -0.4 is 0 Å². The fraction of sp³-hybridized carbons (Fsp3) is 0.100. The number of aromatic hydroxyl groups is 1. The Labute approximate surface area is 129 Å². The molecular formula is C20H17NO. The Hall–Kier alpha value is -2.74. The van der Waals surface area contributed by atoms with E-state index in [2.05, 4.69) is 54.9 Å². The quantitative estimate of drug-likeness (QED) is 0.517. The van der Waals surface area contributed by atoms with E-state index in [4.69, 9.17) is 0 Å². The van der Waals surface area contributed by atoms with Crippen molar-refractivity contribution in [2.24, 2.45) is 0 Å². The number of hydrogen-bond acceptors (Lipinski definition) is 1. The number of benzene rings is 3. The first-order valence-corrected chi connectivity index (χ1v) is 7.44. The zero-order chi connectivity index (χ0) is 15.3. The lowest BCUT2D eigenvalue weighted by molar-refractivity contribution is 0.473. The van der Waals surface area contributed by atoms with Crippen molar-refractivity contribution < 1.29 is 5.11 Å². The van der Waals surface area contributed by atoms with E-state index in [-0.39, 0.29) is 0 Å². The van der Waals surface area contributed by atoms with Crippen molar-refractivity contribution in [3.05, 3.63) is 71.9 Å². The van der Waals surface area contributed by atoms with Gasteiger partial charge in [-0.15, -0.1) is 0 Å². The van der Waals surface area contributed by atoms with Crippen LogP contribution in [0.3, 0.4) is 0 Å². The van der Waals surface area contributed by atoms with Gasteiger partial charge in [-0.1, -0.05) is 42.0 Å². The molecule has 0 unspecified atom stereocenters. The summed E-state index contributed by atoms with van der Waals surface area (Å²) in [6.07, 6.45) is 2.10. The van der Waals surface area contributed by atoms with Crippen molar-refractivity contribution in [2.45, 2.75) is 13.8 Å². The van der Waals surface area contributed by atoms with Crippen LogP contribution >= 0.6 is 0 Å². The van der Waals surface area contributed by atoms with E-state index in [1.807, 2.05) is 18.2 Å². The van der Waals surface area contributed by atoms with Gasteiger partial charge in [0.1, 0.15) is 5.75 Å². The van der Waals surface area contributed by atoms with Gasteiger partial charge in [0, 0.05) is 17.0 Å². The van der Waals surface area contributed by atoms with Gasteiger partial charge < -0.3 is 9.67 Å². The number of hydrogen-bond donors (Lipinski definition) is 1. The zero-order valence-corrected chi connectivity index (χ0v) is 12.7. The minimum Gasteiger partial charge on any atom is -0.506 e. The summed E-state index contributed by atoms with van der Waals surface area (Å²) in [7, 11) is 0. The highest BCUT2D eigenvalue weighted by atomic mass is 16.3. The van der Waals surface area contributed by atoms with Crippen LogP contribution in [0.25, 0.3) is 27.4 Å². The molecule has 108 valence electrons. The maximum absolute atomic E-state index is 10.5. The predicted molar refractivity (Wildman–Crippen MR) is 91.9 cm³/mol. The average molecular weight is 287 g/mol. The molecule has 22 heavy (non-hydrogen) atoms. The lowest BCUT2D eigenvalue weighted by Gasteiger charge is -2.12. The summed E-state index contributed by atoms with van der Waals surface area (Å²) in [5.74, 6) is 0.304. The third-order valence-electron chi connectivity index (χ3n) is 4.28. The summed E-state index contributed by atoms with van der Waals surface area (Å²) in [4.78, 5) is 0. The molecule has 1 N–H and O–H groups in total. The molecule has 1 aromatic heterocycles. The van der Waals surface area contributed by atoms with Gasteiger partial charge in [0.15, 0.2) is 0 Å². The minimum absolute atomic E-state index is 0.304. The highest BCUT2D eigenvalue weighted by molar-refractivity contribution is 5.96. The van der Waals surface area contributed by atoms with Crippen LogP contribution in [0.1, 0.15) is 11.1 Å². The van der Waals surface area contributed by atoms with Crippen molar-refractivity contribution in [3.8, 4) is 11.4 Å². The molecule has 4 aromatic rings. The van der Waals surface area contributed by atoms with Crippen LogP contribution in [0.4, 0.5) is 0 Å². The molecule has 0 aliphatic carbocycles. The Morgan fingerprint density at radius 3 is 2.50 bits per heavy atom. The van der Waals surface area contributed by atoms with Crippen molar-refractivity contribution in [2.75, 3.05) is 0 Å². The van der Waals surface area contributed by atoms with Gasteiger partial charge in [0.2, 0.25) is 0 Å². The van der Waals surface area contributed by atoms with Crippen LogP contribution in [0.15, 0.2) is 60.8 Å². The molecule has 0 bridgehead atoms. The van der Waals surface area contributed by atoms with Crippen LogP contribution in [0, 0.1) is 13.8 Å². The van der Waals surface area contributed by atoms with E-state index in [1.54, 1.807) is 6.07 Å². The molecule has 1 heterocycles. The van der Waals surface area contributed by atoms with Crippen LogP contribution in [-0.2, 0) is 0 Å². The standard InChI is InChI=1S/C20H17NO/c1-13-7-8-15-9-10-19(22)20(17(15)11-13)21-12-14(2)16-5-3-4-6-18(16)21/h3-12,22H,1-2H3. The van der Waals surface area contributed by atoms with Gasteiger partial charge >= 0.3 is 0 Å². The second-order valence-electron chi connectivity index (χ2n) is 5.86. The molecule has 0 amide bonds. The maximum Gasteiger partial charge on any atom is 0.140 e. The third-order valence-corrected chi connectivity index (χ3v) is 4.28. The number of aromatic nitrogens is 1. The van der Waals surface area contributed by atoms with E-state index in [1.165, 1.54) is 16.5 Å². The average Bonchev–Trinajstić information content (AvgIpc) is 2.84. The summed E-state index contributed by atoms with van der Waals surface area (Å²) in [5, 5.41) is 13.9. The predicted octanol–water partition coefficient (Wildman–Crippen LogP) is 5.11. The molecule has 0 radical (unpaired) electrons. The summed E-state index contributed by atoms with van der Waals surface area (Å²) < 4.78 is 2.10. The molecule has 0 aliphatic heterocycles. The van der Waals surface area contributed by atoms with E-state index in [0.29, 0.717) is 5.75 Å². The summed E-state index contributed by atoms with van der Waals surface area (Å²) in [6.45, 7) is 4.18. The van der Waals surface area contributed by atoms with E-state index in [9.17, 15) is 5.11 Å². The Kier molecular flexibility index (Phi) is 2.73. The highest BCUT2D eigenvalue weighted by Gasteiger charge is 2.13. The van der Waals surface area contributed by atoms with Crippen LogP contribution in [0.2, 0.25) is 0 Å². The molecule has 0 aliphatic rings. The molecule has 2 nitrogen and oxygen atoms in total. The fourth-order valence-electron chi connectivity index (χ4n) is 3.19. The topological polar surface area (TPSA) is 25.2 Å². The Balaban J connectivity index is 2.16. The molecule has 3 aromatic carbocycles. The second kappa shape index (κ2) is 4.63. The van der Waals surface area contributed by atoms with E-state index < -0.39 is 0 Å². The maximum atomic E-state index is 10.5. The molecule has 0 atom stereocenters. The third kappa shape index (κ3) is 1.81. The van der Waals surface area contributed by atoms with Crippen molar-refractivity contribution in [1.82, 2.24) is 4.57 Å². The number of rotatable bonds is 1. The number of fused-ring (bicyclic) bond motifs is 2. The second-order valence-corrected chi connectivity index (χ2v) is 5.86. The smallest absolute Gasteiger partial charge is 0.140 e. The SMILES string of the molecule is Cc1ccc2ccc(O)c(-n3cc(C)c4ccccc43)c2c1. The largest absolute Gasteiger partial charge is 0.506 e. The number of aryl methyl sites for hydroxylation is 2. The Morgan fingerprint density at radius 1 is 0.864 bits per heavy atom. The fourth-order valence-corrected chi connectivity index (χ4v) is 3.19. The zero-order valence-electron chi connectivity index (χ0n) is 12.7. The molecular weight excluding hydrogens is 270 g/mol. The first kappa shape index (κ1) is 13.0. The van der Waals surface area contributed by atoms with Gasteiger partial charge in [0.25, 0.3) is 0 Å². The normalized spacial score (nSPS) is 11.4. The number of phenolic OH excluding ortho intramolecular Hbond substituents is 1. The molecule has 0 saturated carbocycles. The van der Waals surface area contributed by atoms with E-state index in [0.717, 1.165) is 22.0 Å². The number of phenols is 1. The lowest BCUT2D eigenvalue weighted by Crippen LogP contribution is -1.94. The van der Waals surface area contributed by atoms with Crippen molar-refractivity contribution >= 4 is 21.7 Å². The summed E-state index contributed by atoms with van der Waals surface area (Å²) in [5.41, 5.74) is 4.36. The lowest BCUT2D eigenvalue weighted by atomic mass is 10.0.